The highest BCUT2D eigenvalue weighted by Crippen LogP contribution is 2.29. The van der Waals surface area contributed by atoms with Crippen LogP contribution in [0.2, 0.25) is 0 Å². The van der Waals surface area contributed by atoms with Crippen LogP contribution in [-0.4, -0.2) is 44.2 Å². The number of benzene rings is 1. The Balaban J connectivity index is 1.95. The van der Waals surface area contributed by atoms with Crippen molar-refractivity contribution in [2.45, 2.75) is 31.9 Å². The molecule has 0 unspecified atom stereocenters. The third-order valence-electron chi connectivity index (χ3n) is 4.07. The van der Waals surface area contributed by atoms with Crippen LogP contribution >= 0.6 is 0 Å². The highest BCUT2D eigenvalue weighted by Gasteiger charge is 2.26. The number of nitrogens with one attached hydrogen (secondary N) is 1. The zero-order valence-electron chi connectivity index (χ0n) is 13.8. The first-order valence-corrected chi connectivity index (χ1v) is 7.89. The number of rotatable bonds is 8. The second-order valence-corrected chi connectivity index (χ2v) is 6.28. The van der Waals surface area contributed by atoms with Crippen molar-refractivity contribution in [1.82, 2.24) is 10.2 Å². The predicted octanol–water partition coefficient (Wildman–Crippen LogP) is 2.50. The van der Waals surface area contributed by atoms with Gasteiger partial charge in [0.1, 0.15) is 17.7 Å². The molecule has 0 aliphatic heterocycles. The minimum absolute atomic E-state index is 0.0376. The molecule has 1 amide bonds. The van der Waals surface area contributed by atoms with Crippen molar-refractivity contribution in [3.8, 4) is 0 Å². The average molecular weight is 326 g/mol. The highest BCUT2D eigenvalue weighted by molar-refractivity contribution is 5.80. The SMILES string of the molecule is C[C@H](OCC1CC1)C(=O)NC[C@H](c1c(F)cccc1F)N(C)C. The Morgan fingerprint density at radius 1 is 1.35 bits per heavy atom. The van der Waals surface area contributed by atoms with Gasteiger partial charge in [-0.25, -0.2) is 8.78 Å². The van der Waals surface area contributed by atoms with Gasteiger partial charge in [0, 0.05) is 12.1 Å². The summed E-state index contributed by atoms with van der Waals surface area (Å²) < 4.78 is 33.4. The van der Waals surface area contributed by atoms with Gasteiger partial charge in [-0.1, -0.05) is 6.07 Å². The van der Waals surface area contributed by atoms with Crippen molar-refractivity contribution >= 4 is 5.91 Å². The van der Waals surface area contributed by atoms with Crippen molar-refractivity contribution in [3.05, 3.63) is 35.4 Å². The number of likely N-dealkylation sites (N-methyl/N-ethyl adjacent to an activating group) is 1. The standard InChI is InChI=1S/C17H24F2N2O2/c1-11(23-10-12-7-8-12)17(22)20-9-15(21(2)3)16-13(18)5-4-6-14(16)19/h4-6,11-12,15H,7-10H2,1-3H3,(H,20,22)/t11-,15+/m0/s1. The first-order valence-electron chi connectivity index (χ1n) is 7.89. The molecule has 2 atom stereocenters. The number of hydrogen-bond donors (Lipinski definition) is 1. The van der Waals surface area contributed by atoms with Gasteiger partial charge < -0.3 is 15.0 Å². The van der Waals surface area contributed by atoms with Crippen LogP contribution in [0.4, 0.5) is 8.78 Å². The van der Waals surface area contributed by atoms with Crippen LogP contribution in [0.5, 0.6) is 0 Å². The minimum Gasteiger partial charge on any atom is -0.368 e. The first-order chi connectivity index (χ1) is 10.9. The van der Waals surface area contributed by atoms with Crippen LogP contribution < -0.4 is 5.32 Å². The quantitative estimate of drug-likeness (QED) is 0.798. The lowest BCUT2D eigenvalue weighted by atomic mass is 10.0. The maximum absolute atomic E-state index is 14.0. The van der Waals surface area contributed by atoms with Crippen LogP contribution in [0, 0.1) is 17.6 Å². The average Bonchev–Trinajstić information content (AvgIpc) is 3.31. The smallest absolute Gasteiger partial charge is 0.248 e. The molecule has 1 aliphatic carbocycles. The number of hydrogen-bond acceptors (Lipinski definition) is 3. The molecule has 4 nitrogen and oxygen atoms in total. The van der Waals surface area contributed by atoms with Gasteiger partial charge in [0.15, 0.2) is 0 Å². The fourth-order valence-corrected chi connectivity index (χ4v) is 2.35. The van der Waals surface area contributed by atoms with E-state index in [2.05, 4.69) is 5.32 Å². The molecule has 1 fully saturated rings. The van der Waals surface area contributed by atoms with E-state index in [9.17, 15) is 13.6 Å². The molecule has 0 saturated heterocycles. The Morgan fingerprint density at radius 3 is 2.48 bits per heavy atom. The molecule has 23 heavy (non-hydrogen) atoms. The monoisotopic (exact) mass is 326 g/mol. The number of ether oxygens (including phenoxy) is 1. The Labute approximate surface area is 135 Å². The molecular formula is C17H24F2N2O2. The third kappa shape index (κ3) is 4.97. The molecule has 6 heteroatoms. The van der Waals surface area contributed by atoms with Crippen LogP contribution in [0.25, 0.3) is 0 Å². The van der Waals surface area contributed by atoms with E-state index >= 15 is 0 Å². The van der Waals surface area contributed by atoms with Crippen molar-refractivity contribution in [2.75, 3.05) is 27.2 Å². The maximum atomic E-state index is 14.0. The molecule has 1 aromatic carbocycles. The summed E-state index contributed by atoms with van der Waals surface area (Å²) >= 11 is 0. The van der Waals surface area contributed by atoms with Crippen molar-refractivity contribution in [2.24, 2.45) is 5.92 Å². The molecule has 1 saturated carbocycles. The Hall–Kier alpha value is -1.53. The molecular weight excluding hydrogens is 302 g/mol. The van der Waals surface area contributed by atoms with E-state index in [0.29, 0.717) is 12.5 Å². The Kier molecular flexibility index (Phi) is 6.07. The summed E-state index contributed by atoms with van der Waals surface area (Å²) in [7, 11) is 3.44. The number of nitrogens with zero attached hydrogens (tertiary/aromatic N) is 1. The number of amides is 1. The molecule has 1 N–H and O–H groups in total. The predicted molar refractivity (Wildman–Crippen MR) is 83.9 cm³/mol. The summed E-state index contributed by atoms with van der Waals surface area (Å²) in [5.74, 6) is -0.923. The van der Waals surface area contributed by atoms with Crippen molar-refractivity contribution < 1.29 is 18.3 Å². The summed E-state index contributed by atoms with van der Waals surface area (Å²) in [6, 6.07) is 3.18. The first kappa shape index (κ1) is 17.8. The second-order valence-electron chi connectivity index (χ2n) is 6.28. The summed E-state index contributed by atoms with van der Waals surface area (Å²) in [5, 5.41) is 2.72. The van der Waals surface area contributed by atoms with Gasteiger partial charge in [-0.05, 0) is 51.9 Å². The topological polar surface area (TPSA) is 41.6 Å². The number of carbonyl (C=O) groups excluding carboxylic acids is 1. The van der Waals surface area contributed by atoms with Gasteiger partial charge in [-0.15, -0.1) is 0 Å². The lowest BCUT2D eigenvalue weighted by Gasteiger charge is -2.26. The van der Waals surface area contributed by atoms with E-state index in [0.717, 1.165) is 12.8 Å². The number of halogens is 2. The molecule has 128 valence electrons. The van der Waals surface area contributed by atoms with Crippen LogP contribution in [-0.2, 0) is 9.53 Å². The summed E-state index contributed by atoms with van der Waals surface area (Å²) in [4.78, 5) is 13.7. The Bertz CT molecular complexity index is 527. The fraction of sp³-hybridized carbons (Fsp3) is 0.588. The van der Waals surface area contributed by atoms with Crippen molar-refractivity contribution in [1.29, 1.82) is 0 Å². The van der Waals surface area contributed by atoms with Crippen LogP contribution in [0.1, 0.15) is 31.4 Å². The fourth-order valence-electron chi connectivity index (χ4n) is 2.35. The van der Waals surface area contributed by atoms with Crippen molar-refractivity contribution in [3.63, 3.8) is 0 Å². The lowest BCUT2D eigenvalue weighted by molar-refractivity contribution is -0.132. The zero-order chi connectivity index (χ0) is 17.0. The minimum atomic E-state index is -0.615. The highest BCUT2D eigenvalue weighted by atomic mass is 19.1. The molecule has 0 radical (unpaired) electrons. The normalized spacial score (nSPS) is 17.1. The van der Waals surface area contributed by atoms with Gasteiger partial charge in [-0.2, -0.15) is 0 Å². The molecule has 0 spiro atoms. The Morgan fingerprint density at radius 2 is 1.96 bits per heavy atom. The van der Waals surface area contributed by atoms with E-state index < -0.39 is 23.8 Å². The molecule has 0 bridgehead atoms. The third-order valence-corrected chi connectivity index (χ3v) is 4.07. The summed E-state index contributed by atoms with van der Waals surface area (Å²) in [6.07, 6.45) is 1.75. The maximum Gasteiger partial charge on any atom is 0.248 e. The molecule has 2 rings (SSSR count). The van der Waals surface area contributed by atoms with Crippen LogP contribution in [0.15, 0.2) is 18.2 Å². The summed E-state index contributed by atoms with van der Waals surface area (Å²) in [5.41, 5.74) is -0.0376. The number of carbonyl (C=O) groups is 1. The zero-order valence-corrected chi connectivity index (χ0v) is 13.8. The van der Waals surface area contributed by atoms with Gasteiger partial charge in [-0.3, -0.25) is 4.79 Å². The molecule has 1 aliphatic rings. The molecule has 1 aromatic rings. The van der Waals surface area contributed by atoms with Gasteiger partial charge in [0.05, 0.1) is 12.6 Å². The van der Waals surface area contributed by atoms with Gasteiger partial charge >= 0.3 is 0 Å². The molecule has 0 aromatic heterocycles. The van der Waals surface area contributed by atoms with E-state index in [-0.39, 0.29) is 18.0 Å². The lowest BCUT2D eigenvalue weighted by Crippen LogP contribution is -2.40. The van der Waals surface area contributed by atoms with Gasteiger partial charge in [0.25, 0.3) is 0 Å². The summed E-state index contributed by atoms with van der Waals surface area (Å²) in [6.45, 7) is 2.39. The van der Waals surface area contributed by atoms with Gasteiger partial charge in [0.2, 0.25) is 5.91 Å². The molecule has 0 heterocycles. The second kappa shape index (κ2) is 7.84. The van der Waals surface area contributed by atoms with E-state index in [1.807, 2.05) is 0 Å². The largest absolute Gasteiger partial charge is 0.368 e. The van der Waals surface area contributed by atoms with E-state index in [4.69, 9.17) is 4.74 Å². The van der Waals surface area contributed by atoms with Crippen LogP contribution in [0.3, 0.4) is 0 Å². The van der Waals surface area contributed by atoms with E-state index in [1.165, 1.54) is 18.2 Å². The van der Waals surface area contributed by atoms with E-state index in [1.54, 1.807) is 25.9 Å².